The summed E-state index contributed by atoms with van der Waals surface area (Å²) < 4.78 is 26.9. The Bertz CT molecular complexity index is 690. The van der Waals surface area contributed by atoms with Gasteiger partial charge in [-0.25, -0.2) is 8.78 Å². The summed E-state index contributed by atoms with van der Waals surface area (Å²) >= 11 is 0. The molecule has 1 aliphatic carbocycles. The quantitative estimate of drug-likeness (QED) is 0.502. The first-order valence-electron chi connectivity index (χ1n) is 10.7. The van der Waals surface area contributed by atoms with Crippen molar-refractivity contribution in [3.05, 3.63) is 71.3 Å². The molecule has 152 valence electrons. The first-order chi connectivity index (χ1) is 13.6. The van der Waals surface area contributed by atoms with Crippen LogP contribution in [0.5, 0.6) is 0 Å². The fraction of sp³-hybridized carbons (Fsp3) is 0.520. The summed E-state index contributed by atoms with van der Waals surface area (Å²) in [5, 5.41) is 0. The predicted molar refractivity (Wildman–Crippen MR) is 113 cm³/mol. The predicted octanol–water partition coefficient (Wildman–Crippen LogP) is 6.13. The highest BCUT2D eigenvalue weighted by Crippen LogP contribution is 2.38. The van der Waals surface area contributed by atoms with Gasteiger partial charge < -0.3 is 4.90 Å². The first-order valence-corrected chi connectivity index (χ1v) is 10.7. The Balaban J connectivity index is 1.47. The molecule has 1 fully saturated rings. The topological polar surface area (TPSA) is 3.24 Å². The van der Waals surface area contributed by atoms with Crippen LogP contribution in [0.2, 0.25) is 0 Å². The van der Waals surface area contributed by atoms with Gasteiger partial charge in [-0.15, -0.1) is 0 Å². The molecule has 2 aromatic rings. The Morgan fingerprint density at radius 2 is 1.50 bits per heavy atom. The van der Waals surface area contributed by atoms with Crippen molar-refractivity contribution in [3.63, 3.8) is 0 Å². The second-order valence-electron chi connectivity index (χ2n) is 8.26. The normalized spacial score (nSPS) is 23.2. The van der Waals surface area contributed by atoms with Gasteiger partial charge in [-0.05, 0) is 68.2 Å². The van der Waals surface area contributed by atoms with Gasteiger partial charge in [-0.2, -0.15) is 0 Å². The molecule has 28 heavy (non-hydrogen) atoms. The molecule has 0 heterocycles. The fourth-order valence-corrected chi connectivity index (χ4v) is 4.37. The SMILES string of the molecule is CCC(CCc1ccc(C2CC(F)C(F)C2)cc1)N(C)CCc1ccccc1. The highest BCUT2D eigenvalue weighted by molar-refractivity contribution is 5.27. The zero-order valence-corrected chi connectivity index (χ0v) is 17.2. The molecule has 1 aliphatic rings. The van der Waals surface area contributed by atoms with Crippen molar-refractivity contribution < 1.29 is 8.78 Å². The number of benzene rings is 2. The molecule has 3 unspecified atom stereocenters. The van der Waals surface area contributed by atoms with Crippen LogP contribution in [-0.2, 0) is 12.8 Å². The summed E-state index contributed by atoms with van der Waals surface area (Å²) in [6.07, 6.45) is 2.45. The van der Waals surface area contributed by atoms with Gasteiger partial charge in [-0.1, -0.05) is 61.5 Å². The van der Waals surface area contributed by atoms with Crippen molar-refractivity contribution in [2.75, 3.05) is 13.6 Å². The number of rotatable bonds is 9. The molecule has 0 bridgehead atoms. The van der Waals surface area contributed by atoms with Gasteiger partial charge >= 0.3 is 0 Å². The lowest BCUT2D eigenvalue weighted by atomic mass is 9.95. The van der Waals surface area contributed by atoms with E-state index in [0.717, 1.165) is 37.8 Å². The van der Waals surface area contributed by atoms with Gasteiger partial charge in [0, 0.05) is 12.6 Å². The second-order valence-corrected chi connectivity index (χ2v) is 8.26. The zero-order chi connectivity index (χ0) is 19.9. The van der Waals surface area contributed by atoms with Crippen LogP contribution in [0.1, 0.15) is 55.2 Å². The first kappa shape index (κ1) is 21.0. The van der Waals surface area contributed by atoms with Gasteiger partial charge in [0.25, 0.3) is 0 Å². The minimum Gasteiger partial charge on any atom is -0.303 e. The Morgan fingerprint density at radius 1 is 0.893 bits per heavy atom. The van der Waals surface area contributed by atoms with Gasteiger partial charge in [0.2, 0.25) is 0 Å². The molecule has 3 heteroatoms. The number of alkyl halides is 2. The van der Waals surface area contributed by atoms with Crippen LogP contribution in [0.3, 0.4) is 0 Å². The van der Waals surface area contributed by atoms with E-state index in [1.54, 1.807) is 0 Å². The smallest absolute Gasteiger partial charge is 0.132 e. The monoisotopic (exact) mass is 385 g/mol. The van der Waals surface area contributed by atoms with Crippen LogP contribution in [0.25, 0.3) is 0 Å². The molecule has 0 radical (unpaired) electrons. The summed E-state index contributed by atoms with van der Waals surface area (Å²) in [7, 11) is 2.22. The summed E-state index contributed by atoms with van der Waals surface area (Å²) in [5.41, 5.74) is 3.78. The zero-order valence-electron chi connectivity index (χ0n) is 17.2. The van der Waals surface area contributed by atoms with Crippen molar-refractivity contribution in [3.8, 4) is 0 Å². The summed E-state index contributed by atoms with van der Waals surface area (Å²) in [6.45, 7) is 3.32. The molecule has 3 rings (SSSR count). The minimum absolute atomic E-state index is 0.0339. The van der Waals surface area contributed by atoms with Gasteiger partial charge in [0.15, 0.2) is 0 Å². The van der Waals surface area contributed by atoms with Crippen molar-refractivity contribution in [1.29, 1.82) is 0 Å². The molecule has 0 spiro atoms. The third kappa shape index (κ3) is 5.64. The lowest BCUT2D eigenvalue weighted by Gasteiger charge is -2.27. The second kappa shape index (κ2) is 10.2. The molecular formula is C25H33F2N. The molecule has 0 N–H and O–H groups in total. The number of hydrogen-bond donors (Lipinski definition) is 0. The lowest BCUT2D eigenvalue weighted by Crippen LogP contribution is -2.33. The van der Waals surface area contributed by atoms with Crippen LogP contribution in [0.4, 0.5) is 8.78 Å². The Morgan fingerprint density at radius 3 is 2.11 bits per heavy atom. The standard InChI is InChI=1S/C25H33F2N/c1-3-23(28(2)16-15-19-7-5-4-6-8-19)14-11-20-9-12-21(13-10-20)22-17-24(26)25(27)18-22/h4-10,12-13,22-25H,3,11,14-18H2,1-2H3. The van der Waals surface area contributed by atoms with Crippen molar-refractivity contribution in [2.24, 2.45) is 0 Å². The average molecular weight is 386 g/mol. The molecule has 0 aliphatic heterocycles. The number of aryl methyl sites for hydroxylation is 1. The molecule has 2 aromatic carbocycles. The van der Waals surface area contributed by atoms with Crippen molar-refractivity contribution in [2.45, 2.75) is 69.8 Å². The highest BCUT2D eigenvalue weighted by atomic mass is 19.2. The molecule has 3 atom stereocenters. The molecule has 0 amide bonds. The summed E-state index contributed by atoms with van der Waals surface area (Å²) in [6, 6.07) is 19.6. The number of hydrogen-bond acceptors (Lipinski definition) is 1. The van der Waals surface area contributed by atoms with E-state index in [0.29, 0.717) is 18.9 Å². The van der Waals surface area contributed by atoms with Crippen LogP contribution < -0.4 is 0 Å². The number of nitrogens with zero attached hydrogens (tertiary/aromatic N) is 1. The van der Waals surface area contributed by atoms with E-state index in [-0.39, 0.29) is 5.92 Å². The minimum atomic E-state index is -1.29. The van der Waals surface area contributed by atoms with Gasteiger partial charge in [0.05, 0.1) is 0 Å². The molecule has 0 aromatic heterocycles. The Hall–Kier alpha value is -1.74. The fourth-order valence-electron chi connectivity index (χ4n) is 4.37. The van der Waals surface area contributed by atoms with Crippen molar-refractivity contribution >= 4 is 0 Å². The maximum absolute atomic E-state index is 13.4. The summed E-state index contributed by atoms with van der Waals surface area (Å²) in [5.74, 6) is 0.0339. The molecule has 1 nitrogen and oxygen atoms in total. The summed E-state index contributed by atoms with van der Waals surface area (Å²) in [4.78, 5) is 2.47. The third-order valence-corrected chi connectivity index (χ3v) is 6.32. The van der Waals surface area contributed by atoms with E-state index in [9.17, 15) is 8.78 Å². The van der Waals surface area contributed by atoms with Crippen molar-refractivity contribution in [1.82, 2.24) is 4.90 Å². The van der Waals surface area contributed by atoms with Crippen LogP contribution in [-0.4, -0.2) is 36.9 Å². The van der Waals surface area contributed by atoms with E-state index in [4.69, 9.17) is 0 Å². The van der Waals surface area contributed by atoms with Gasteiger partial charge in [-0.3, -0.25) is 0 Å². The maximum Gasteiger partial charge on any atom is 0.132 e. The van der Waals surface area contributed by atoms with Crippen LogP contribution in [0, 0.1) is 0 Å². The Labute approximate surface area is 168 Å². The molecule has 0 saturated heterocycles. The van der Waals surface area contributed by atoms with Gasteiger partial charge in [0.1, 0.15) is 12.3 Å². The van der Waals surface area contributed by atoms with E-state index in [2.05, 4.69) is 73.5 Å². The van der Waals surface area contributed by atoms with E-state index in [1.807, 2.05) is 0 Å². The average Bonchev–Trinajstić information content (AvgIpc) is 3.06. The molecular weight excluding hydrogens is 352 g/mol. The lowest BCUT2D eigenvalue weighted by molar-refractivity contribution is 0.199. The largest absolute Gasteiger partial charge is 0.303 e. The number of halogens is 2. The molecule has 1 saturated carbocycles. The van der Waals surface area contributed by atoms with E-state index >= 15 is 0 Å². The van der Waals surface area contributed by atoms with E-state index in [1.165, 1.54) is 11.1 Å². The number of likely N-dealkylation sites (N-methyl/N-ethyl adjacent to an activating group) is 1. The highest BCUT2D eigenvalue weighted by Gasteiger charge is 2.35. The van der Waals surface area contributed by atoms with E-state index < -0.39 is 12.3 Å². The maximum atomic E-state index is 13.4. The Kier molecular flexibility index (Phi) is 7.61. The van der Waals surface area contributed by atoms with Crippen LogP contribution >= 0.6 is 0 Å². The van der Waals surface area contributed by atoms with Crippen LogP contribution in [0.15, 0.2) is 54.6 Å². The third-order valence-electron chi connectivity index (χ3n) is 6.32.